The number of H-pyrrole nitrogens is 1. The highest BCUT2D eigenvalue weighted by molar-refractivity contribution is 9.11. The average Bonchev–Trinajstić information content (AvgIpc) is 3.25. The summed E-state index contributed by atoms with van der Waals surface area (Å²) in [6, 6.07) is 13.5. The molecule has 0 bridgehead atoms. The maximum Gasteiger partial charge on any atom is 0.277 e. The highest BCUT2D eigenvalue weighted by Gasteiger charge is 2.39. The SMILES string of the molecule is O=C1CCCC2=C1[C@@H](c1ccc(Br)s1)c1c([nH]n(-c3ccccc3)c1=O)N2. The quantitative estimate of drug-likeness (QED) is 0.612. The first-order valence-electron chi connectivity index (χ1n) is 8.82. The van der Waals surface area contributed by atoms with E-state index in [4.69, 9.17) is 0 Å². The molecule has 0 saturated heterocycles. The summed E-state index contributed by atoms with van der Waals surface area (Å²) in [6.45, 7) is 0. The molecule has 5 rings (SSSR count). The van der Waals surface area contributed by atoms with Crippen molar-refractivity contribution in [3.05, 3.63) is 78.3 Å². The molecule has 0 unspecified atom stereocenters. The molecule has 3 aromatic rings. The van der Waals surface area contributed by atoms with Crippen LogP contribution in [0.1, 0.15) is 35.6 Å². The number of hydrogen-bond donors (Lipinski definition) is 2. The second-order valence-corrected chi connectivity index (χ2v) is 9.24. The summed E-state index contributed by atoms with van der Waals surface area (Å²) in [5.41, 5.74) is 2.95. The van der Waals surface area contributed by atoms with Crippen molar-refractivity contribution in [2.45, 2.75) is 25.2 Å². The van der Waals surface area contributed by atoms with Gasteiger partial charge in [-0.3, -0.25) is 14.7 Å². The van der Waals surface area contributed by atoms with Crippen LogP contribution in [0.3, 0.4) is 0 Å². The molecular formula is C20H16BrN3O2S. The van der Waals surface area contributed by atoms with Crippen LogP contribution in [0.4, 0.5) is 5.82 Å². The topological polar surface area (TPSA) is 66.9 Å². The van der Waals surface area contributed by atoms with Gasteiger partial charge >= 0.3 is 0 Å². The Labute approximate surface area is 167 Å². The Hall–Kier alpha value is -2.38. The Kier molecular flexibility index (Phi) is 3.94. The van der Waals surface area contributed by atoms with Gasteiger partial charge in [-0.05, 0) is 53.0 Å². The molecule has 27 heavy (non-hydrogen) atoms. The van der Waals surface area contributed by atoms with Gasteiger partial charge in [-0.25, -0.2) is 4.68 Å². The van der Waals surface area contributed by atoms with Gasteiger partial charge in [0.1, 0.15) is 5.82 Å². The van der Waals surface area contributed by atoms with Crippen molar-refractivity contribution in [1.29, 1.82) is 0 Å². The third-order valence-corrected chi connectivity index (χ3v) is 6.82. The summed E-state index contributed by atoms with van der Waals surface area (Å²) in [5, 5.41) is 6.56. The van der Waals surface area contributed by atoms with Gasteiger partial charge in [0.25, 0.3) is 5.56 Å². The molecule has 0 radical (unpaired) electrons. The van der Waals surface area contributed by atoms with Crippen LogP contribution in [0.2, 0.25) is 0 Å². The monoisotopic (exact) mass is 441 g/mol. The molecule has 136 valence electrons. The lowest BCUT2D eigenvalue weighted by molar-refractivity contribution is -0.116. The predicted molar refractivity (Wildman–Crippen MR) is 110 cm³/mol. The fourth-order valence-corrected chi connectivity index (χ4v) is 5.51. The third-order valence-electron chi connectivity index (χ3n) is 5.13. The number of thiophene rings is 1. The maximum atomic E-state index is 13.3. The minimum atomic E-state index is -0.325. The number of halogens is 1. The van der Waals surface area contributed by atoms with E-state index in [1.54, 1.807) is 16.0 Å². The van der Waals surface area contributed by atoms with E-state index in [-0.39, 0.29) is 17.3 Å². The number of carbonyl (C=O) groups is 1. The van der Waals surface area contributed by atoms with E-state index in [0.717, 1.165) is 38.5 Å². The van der Waals surface area contributed by atoms with Gasteiger partial charge in [0.05, 0.1) is 21.0 Å². The standard InChI is InChI=1S/C20H16BrN3O2S/c21-15-10-9-14(27-15)17-16-12(7-4-8-13(16)25)22-19-18(17)20(26)24(23-19)11-5-2-1-3-6-11/h1-3,5-6,9-10,17,22-23H,4,7-8H2/t17-/m1/s1. The molecule has 0 spiro atoms. The molecule has 0 saturated carbocycles. The number of Topliss-reactive ketones (excluding diaryl/α,β-unsaturated/α-hetero) is 1. The average molecular weight is 442 g/mol. The molecular weight excluding hydrogens is 426 g/mol. The van der Waals surface area contributed by atoms with Crippen molar-refractivity contribution in [3.63, 3.8) is 0 Å². The van der Waals surface area contributed by atoms with Gasteiger partial charge in [-0.2, -0.15) is 0 Å². The first-order valence-corrected chi connectivity index (χ1v) is 10.4. The molecule has 5 nitrogen and oxygen atoms in total. The van der Waals surface area contributed by atoms with Gasteiger partial charge in [-0.1, -0.05) is 18.2 Å². The lowest BCUT2D eigenvalue weighted by Gasteiger charge is -2.30. The smallest absolute Gasteiger partial charge is 0.277 e. The van der Waals surface area contributed by atoms with E-state index in [1.807, 2.05) is 42.5 Å². The molecule has 2 aromatic heterocycles. The summed E-state index contributed by atoms with van der Waals surface area (Å²) in [5.74, 6) is 0.497. The van der Waals surface area contributed by atoms with Crippen LogP contribution in [-0.2, 0) is 4.79 Å². The molecule has 1 aliphatic heterocycles. The number of fused-ring (bicyclic) bond motifs is 1. The normalized spacial score (nSPS) is 18.9. The van der Waals surface area contributed by atoms with Crippen molar-refractivity contribution in [2.75, 3.05) is 5.32 Å². The second-order valence-electron chi connectivity index (χ2n) is 6.75. The molecule has 1 atom stereocenters. The predicted octanol–water partition coefficient (Wildman–Crippen LogP) is 4.55. The van der Waals surface area contributed by atoms with Crippen molar-refractivity contribution in [3.8, 4) is 5.69 Å². The number of para-hydroxylation sites is 1. The lowest BCUT2D eigenvalue weighted by atomic mass is 9.79. The van der Waals surface area contributed by atoms with E-state index < -0.39 is 0 Å². The molecule has 0 amide bonds. The Morgan fingerprint density at radius 2 is 1.89 bits per heavy atom. The minimum Gasteiger partial charge on any atom is -0.343 e. The van der Waals surface area contributed by atoms with E-state index >= 15 is 0 Å². The number of carbonyl (C=O) groups excluding carboxylic acids is 1. The number of rotatable bonds is 2. The van der Waals surface area contributed by atoms with E-state index in [9.17, 15) is 9.59 Å². The lowest BCUT2D eigenvalue weighted by Crippen LogP contribution is -2.29. The highest BCUT2D eigenvalue weighted by Crippen LogP contribution is 2.45. The largest absolute Gasteiger partial charge is 0.343 e. The number of allylic oxidation sites excluding steroid dienone is 2. The maximum absolute atomic E-state index is 13.3. The summed E-state index contributed by atoms with van der Waals surface area (Å²) in [7, 11) is 0. The van der Waals surface area contributed by atoms with Gasteiger partial charge in [0.15, 0.2) is 5.78 Å². The molecule has 1 aromatic carbocycles. The van der Waals surface area contributed by atoms with Crippen LogP contribution in [0.15, 0.2) is 62.3 Å². The molecule has 2 N–H and O–H groups in total. The van der Waals surface area contributed by atoms with Crippen molar-refractivity contribution in [1.82, 2.24) is 9.78 Å². The fraction of sp³-hybridized carbons (Fsp3) is 0.200. The molecule has 3 heterocycles. The number of benzene rings is 1. The van der Waals surface area contributed by atoms with Crippen LogP contribution in [0.25, 0.3) is 5.69 Å². The third kappa shape index (κ3) is 2.64. The molecule has 0 fully saturated rings. The zero-order chi connectivity index (χ0) is 18.5. The Balaban J connectivity index is 1.75. The Morgan fingerprint density at radius 1 is 1.07 bits per heavy atom. The zero-order valence-corrected chi connectivity index (χ0v) is 16.7. The number of nitrogens with zero attached hydrogens (tertiary/aromatic N) is 1. The summed E-state index contributed by atoms with van der Waals surface area (Å²) in [6.07, 6.45) is 2.20. The Morgan fingerprint density at radius 3 is 2.63 bits per heavy atom. The van der Waals surface area contributed by atoms with E-state index in [1.165, 1.54) is 0 Å². The number of nitrogens with one attached hydrogen (secondary N) is 2. The highest BCUT2D eigenvalue weighted by atomic mass is 79.9. The number of anilines is 1. The molecule has 2 aliphatic rings. The van der Waals surface area contributed by atoms with Crippen LogP contribution in [-0.4, -0.2) is 15.6 Å². The minimum absolute atomic E-state index is 0.122. The summed E-state index contributed by atoms with van der Waals surface area (Å²) >= 11 is 5.08. The first-order chi connectivity index (χ1) is 13.1. The number of hydrogen-bond acceptors (Lipinski definition) is 4. The Bertz CT molecular complexity index is 1140. The van der Waals surface area contributed by atoms with Crippen molar-refractivity contribution < 1.29 is 4.79 Å². The van der Waals surface area contributed by atoms with E-state index in [2.05, 4.69) is 26.3 Å². The van der Waals surface area contributed by atoms with Crippen LogP contribution < -0.4 is 10.9 Å². The van der Waals surface area contributed by atoms with Gasteiger partial charge in [0.2, 0.25) is 0 Å². The van der Waals surface area contributed by atoms with Gasteiger partial charge in [-0.15, -0.1) is 11.3 Å². The number of aromatic amines is 1. The van der Waals surface area contributed by atoms with Gasteiger partial charge in [0, 0.05) is 22.6 Å². The summed E-state index contributed by atoms with van der Waals surface area (Å²) < 4.78 is 2.54. The van der Waals surface area contributed by atoms with Crippen LogP contribution in [0.5, 0.6) is 0 Å². The zero-order valence-electron chi connectivity index (χ0n) is 14.3. The number of aromatic nitrogens is 2. The van der Waals surface area contributed by atoms with E-state index in [0.29, 0.717) is 17.8 Å². The first kappa shape index (κ1) is 16.8. The van der Waals surface area contributed by atoms with Crippen LogP contribution in [0, 0.1) is 0 Å². The molecule has 1 aliphatic carbocycles. The second kappa shape index (κ2) is 6.35. The number of ketones is 1. The molecule has 7 heteroatoms. The van der Waals surface area contributed by atoms with Crippen molar-refractivity contribution >= 4 is 38.9 Å². The van der Waals surface area contributed by atoms with Crippen molar-refractivity contribution in [2.24, 2.45) is 0 Å². The fourth-order valence-electron chi connectivity index (χ4n) is 3.96. The van der Waals surface area contributed by atoms with Gasteiger partial charge < -0.3 is 5.32 Å². The summed E-state index contributed by atoms with van der Waals surface area (Å²) in [4.78, 5) is 27.1. The van der Waals surface area contributed by atoms with Crippen LogP contribution >= 0.6 is 27.3 Å².